The molecule has 0 unspecified atom stereocenters. The molecule has 76 valence electrons. The lowest BCUT2D eigenvalue weighted by Crippen LogP contribution is -2.22. The zero-order valence-corrected chi connectivity index (χ0v) is 8.91. The van der Waals surface area contributed by atoms with E-state index in [1.54, 1.807) is 26.3 Å². The maximum Gasteiger partial charge on any atom is 0.0786 e. The van der Waals surface area contributed by atoms with Gasteiger partial charge in [-0.3, -0.25) is 4.99 Å². The lowest BCUT2D eigenvalue weighted by Gasteiger charge is -2.13. The van der Waals surface area contributed by atoms with Crippen LogP contribution in [0.4, 0.5) is 0 Å². The fourth-order valence-electron chi connectivity index (χ4n) is 0.759. The predicted molar refractivity (Wildman–Crippen MR) is 56.8 cm³/mol. The molecule has 3 N–H and O–H groups in total. The van der Waals surface area contributed by atoms with Gasteiger partial charge in [0, 0.05) is 6.21 Å². The molecule has 0 aromatic carbocycles. The van der Waals surface area contributed by atoms with Crippen LogP contribution in [0.1, 0.15) is 27.7 Å². The van der Waals surface area contributed by atoms with Crippen LogP contribution in [0.3, 0.4) is 0 Å². The van der Waals surface area contributed by atoms with Crippen molar-refractivity contribution in [1.29, 1.82) is 0 Å². The second kappa shape index (κ2) is 5.02. The van der Waals surface area contributed by atoms with Gasteiger partial charge in [0.1, 0.15) is 0 Å². The molecule has 0 radical (unpaired) electrons. The first-order valence-corrected chi connectivity index (χ1v) is 4.51. The lowest BCUT2D eigenvalue weighted by atomic mass is 10.1. The van der Waals surface area contributed by atoms with Crippen molar-refractivity contribution in [2.45, 2.75) is 33.3 Å². The van der Waals surface area contributed by atoms with E-state index < -0.39 is 5.60 Å². The third-order valence-corrected chi connectivity index (χ3v) is 1.58. The number of aliphatic imine (C=N–C) groups is 1. The van der Waals surface area contributed by atoms with Gasteiger partial charge < -0.3 is 10.8 Å². The fraction of sp³-hybridized carbons (Fsp3) is 0.700. The van der Waals surface area contributed by atoms with Crippen molar-refractivity contribution >= 4 is 6.21 Å². The first-order valence-electron chi connectivity index (χ1n) is 4.51. The number of hydrogen-bond donors (Lipinski definition) is 2. The van der Waals surface area contributed by atoms with Crippen LogP contribution >= 0.6 is 0 Å². The van der Waals surface area contributed by atoms with Crippen molar-refractivity contribution in [1.82, 2.24) is 0 Å². The van der Waals surface area contributed by atoms with Gasteiger partial charge in [-0.05, 0) is 31.5 Å². The Kier molecular flexibility index (Phi) is 4.70. The highest BCUT2D eigenvalue weighted by molar-refractivity contribution is 5.78. The van der Waals surface area contributed by atoms with Gasteiger partial charge in [0.25, 0.3) is 0 Å². The fourth-order valence-corrected chi connectivity index (χ4v) is 0.759. The molecule has 0 aliphatic carbocycles. The third-order valence-electron chi connectivity index (χ3n) is 1.58. The number of hydrogen-bond acceptors (Lipinski definition) is 3. The summed E-state index contributed by atoms with van der Waals surface area (Å²) in [6, 6.07) is 0. The average Bonchev–Trinajstić information content (AvgIpc) is 1.95. The Morgan fingerprint density at radius 2 is 2.08 bits per heavy atom. The van der Waals surface area contributed by atoms with E-state index in [-0.39, 0.29) is 0 Å². The standard InChI is InChI=1S/C10H20N2O/c1-8(2)9(5-11)6-12-7-10(3,4)13/h5-6,8,13H,7,11H2,1-4H3/b9-5+,12-6?. The van der Waals surface area contributed by atoms with Gasteiger partial charge in [0.2, 0.25) is 0 Å². The summed E-state index contributed by atoms with van der Waals surface area (Å²) in [6.45, 7) is 7.96. The summed E-state index contributed by atoms with van der Waals surface area (Å²) >= 11 is 0. The Hall–Kier alpha value is -0.830. The molecule has 0 fully saturated rings. The molecule has 0 aliphatic heterocycles. The van der Waals surface area contributed by atoms with Gasteiger partial charge in [-0.1, -0.05) is 13.8 Å². The summed E-state index contributed by atoms with van der Waals surface area (Å²) in [4.78, 5) is 4.11. The number of nitrogens with two attached hydrogens (primary N) is 1. The predicted octanol–water partition coefficient (Wildman–Crippen LogP) is 1.33. The van der Waals surface area contributed by atoms with E-state index in [0.717, 1.165) is 5.57 Å². The molecule has 3 heteroatoms. The Balaban J connectivity index is 4.12. The Morgan fingerprint density at radius 1 is 1.54 bits per heavy atom. The number of aliphatic hydroxyl groups is 1. The van der Waals surface area contributed by atoms with E-state index in [4.69, 9.17) is 5.73 Å². The first kappa shape index (κ1) is 12.2. The molecule has 0 aromatic heterocycles. The van der Waals surface area contributed by atoms with Gasteiger partial charge in [-0.2, -0.15) is 0 Å². The van der Waals surface area contributed by atoms with Gasteiger partial charge in [-0.25, -0.2) is 0 Å². The van der Waals surface area contributed by atoms with Crippen LogP contribution in [0.2, 0.25) is 0 Å². The molecule has 0 saturated carbocycles. The van der Waals surface area contributed by atoms with Crippen LogP contribution in [0.15, 0.2) is 16.8 Å². The highest BCUT2D eigenvalue weighted by Crippen LogP contribution is 2.06. The smallest absolute Gasteiger partial charge is 0.0786 e. The van der Waals surface area contributed by atoms with Crippen molar-refractivity contribution in [3.63, 3.8) is 0 Å². The Morgan fingerprint density at radius 3 is 2.38 bits per heavy atom. The van der Waals surface area contributed by atoms with Gasteiger partial charge in [0.05, 0.1) is 12.1 Å². The zero-order valence-electron chi connectivity index (χ0n) is 8.91. The monoisotopic (exact) mass is 184 g/mol. The lowest BCUT2D eigenvalue weighted by molar-refractivity contribution is 0.0906. The second-order valence-corrected chi connectivity index (χ2v) is 4.10. The van der Waals surface area contributed by atoms with Gasteiger partial charge in [0.15, 0.2) is 0 Å². The average molecular weight is 184 g/mol. The van der Waals surface area contributed by atoms with E-state index in [0.29, 0.717) is 12.5 Å². The molecule has 0 amide bonds. The second-order valence-electron chi connectivity index (χ2n) is 4.10. The molecule has 0 bridgehead atoms. The number of rotatable bonds is 4. The molecule has 0 spiro atoms. The minimum Gasteiger partial charge on any atom is -0.404 e. The topological polar surface area (TPSA) is 58.6 Å². The molecule has 0 atom stereocenters. The molecular formula is C10H20N2O. The number of nitrogens with zero attached hydrogens (tertiary/aromatic N) is 1. The van der Waals surface area contributed by atoms with Crippen LogP contribution in [0.25, 0.3) is 0 Å². The summed E-state index contributed by atoms with van der Waals surface area (Å²) in [5.74, 6) is 0.371. The Labute approximate surface area is 80.4 Å². The van der Waals surface area contributed by atoms with E-state index >= 15 is 0 Å². The van der Waals surface area contributed by atoms with Crippen LogP contribution in [0.5, 0.6) is 0 Å². The molecule has 13 heavy (non-hydrogen) atoms. The van der Waals surface area contributed by atoms with Crippen molar-refractivity contribution in [2.75, 3.05) is 6.54 Å². The summed E-state index contributed by atoms with van der Waals surface area (Å²) in [6.07, 6.45) is 3.28. The molecule has 0 aliphatic rings. The van der Waals surface area contributed by atoms with Crippen LogP contribution in [-0.2, 0) is 0 Å². The van der Waals surface area contributed by atoms with Crippen LogP contribution in [-0.4, -0.2) is 23.5 Å². The van der Waals surface area contributed by atoms with E-state index in [1.807, 2.05) is 0 Å². The molecule has 0 saturated heterocycles. The molecule has 3 nitrogen and oxygen atoms in total. The van der Waals surface area contributed by atoms with Crippen molar-refractivity contribution in [3.05, 3.63) is 11.8 Å². The van der Waals surface area contributed by atoms with Crippen molar-refractivity contribution in [2.24, 2.45) is 16.6 Å². The minimum absolute atomic E-state index is 0.371. The highest BCUT2D eigenvalue weighted by atomic mass is 16.3. The number of allylic oxidation sites excluding steroid dienone is 1. The SMILES string of the molecule is CC(C)/C(C=NCC(C)(C)O)=C/N. The molecular weight excluding hydrogens is 164 g/mol. The van der Waals surface area contributed by atoms with E-state index in [9.17, 15) is 5.11 Å². The highest BCUT2D eigenvalue weighted by Gasteiger charge is 2.10. The van der Waals surface area contributed by atoms with Crippen LogP contribution < -0.4 is 5.73 Å². The summed E-state index contributed by atoms with van der Waals surface area (Å²) in [7, 11) is 0. The van der Waals surface area contributed by atoms with Gasteiger partial charge >= 0.3 is 0 Å². The normalized spacial score (nSPS) is 14.5. The van der Waals surface area contributed by atoms with Gasteiger partial charge in [-0.15, -0.1) is 0 Å². The first-order chi connectivity index (χ1) is 5.87. The van der Waals surface area contributed by atoms with Crippen LogP contribution in [0, 0.1) is 5.92 Å². The summed E-state index contributed by atoms with van der Waals surface area (Å²) in [5, 5.41) is 9.38. The maximum atomic E-state index is 9.38. The third kappa shape index (κ3) is 6.34. The molecule has 0 rings (SSSR count). The largest absolute Gasteiger partial charge is 0.404 e. The van der Waals surface area contributed by atoms with Crippen molar-refractivity contribution < 1.29 is 5.11 Å². The quantitative estimate of drug-likeness (QED) is 0.647. The maximum absolute atomic E-state index is 9.38. The molecule has 0 aromatic rings. The summed E-state index contributed by atoms with van der Waals surface area (Å²) < 4.78 is 0. The molecule has 0 heterocycles. The summed E-state index contributed by atoms with van der Waals surface area (Å²) in [5.41, 5.74) is 5.65. The Bertz CT molecular complexity index is 199. The van der Waals surface area contributed by atoms with E-state index in [1.165, 1.54) is 0 Å². The minimum atomic E-state index is -0.743. The van der Waals surface area contributed by atoms with E-state index in [2.05, 4.69) is 18.8 Å². The van der Waals surface area contributed by atoms with Crippen molar-refractivity contribution in [3.8, 4) is 0 Å². The zero-order chi connectivity index (χ0) is 10.5.